The molecule has 0 atom stereocenters. The van der Waals surface area contributed by atoms with E-state index >= 15 is 0 Å². The van der Waals surface area contributed by atoms with E-state index in [0.29, 0.717) is 23.1 Å². The smallest absolute Gasteiger partial charge is 0.230 e. The molecule has 10 heteroatoms. The summed E-state index contributed by atoms with van der Waals surface area (Å²) >= 11 is 1.22. The van der Waals surface area contributed by atoms with Gasteiger partial charge in [0.1, 0.15) is 5.76 Å². The Morgan fingerprint density at radius 2 is 2.04 bits per heavy atom. The van der Waals surface area contributed by atoms with Crippen molar-refractivity contribution >= 4 is 29.3 Å². The standard InChI is InChI=1S/C16H16N6O3S/c1-11(23)18-12-4-6-13(7-5-12)22-16(19-20-21-22)26-10-15(24)17-9-14-3-2-8-25-14/h2-8H,9-10H2,1H3,(H,17,24)(H,18,23). The summed E-state index contributed by atoms with van der Waals surface area (Å²) in [5, 5.41) is 17.5. The Bertz CT molecular complexity index is 876. The maximum atomic E-state index is 11.9. The van der Waals surface area contributed by atoms with Gasteiger partial charge in [0.2, 0.25) is 17.0 Å². The van der Waals surface area contributed by atoms with Crippen LogP contribution in [0.4, 0.5) is 5.69 Å². The van der Waals surface area contributed by atoms with Crippen molar-refractivity contribution in [2.45, 2.75) is 18.6 Å². The number of carbonyl (C=O) groups excluding carboxylic acids is 2. The van der Waals surface area contributed by atoms with E-state index in [4.69, 9.17) is 4.42 Å². The number of amides is 2. The Labute approximate surface area is 153 Å². The lowest BCUT2D eigenvalue weighted by atomic mass is 10.3. The fourth-order valence-corrected chi connectivity index (χ4v) is 2.82. The number of furan rings is 1. The Kier molecular flexibility index (Phi) is 5.64. The number of hydrogen-bond donors (Lipinski definition) is 2. The molecule has 0 saturated carbocycles. The zero-order valence-electron chi connectivity index (χ0n) is 13.9. The molecular weight excluding hydrogens is 356 g/mol. The summed E-state index contributed by atoms with van der Waals surface area (Å²) in [5.74, 6) is 0.566. The Morgan fingerprint density at radius 1 is 1.23 bits per heavy atom. The van der Waals surface area contributed by atoms with Crippen molar-refractivity contribution in [3.8, 4) is 5.69 Å². The molecule has 9 nitrogen and oxygen atoms in total. The molecule has 2 aromatic heterocycles. The number of hydrogen-bond acceptors (Lipinski definition) is 7. The molecule has 0 radical (unpaired) electrons. The lowest BCUT2D eigenvalue weighted by molar-refractivity contribution is -0.118. The quantitative estimate of drug-likeness (QED) is 0.606. The summed E-state index contributed by atoms with van der Waals surface area (Å²) in [6.07, 6.45) is 1.56. The summed E-state index contributed by atoms with van der Waals surface area (Å²) in [5.41, 5.74) is 1.41. The average molecular weight is 372 g/mol. The van der Waals surface area contributed by atoms with Crippen LogP contribution in [-0.2, 0) is 16.1 Å². The molecule has 0 aliphatic carbocycles. The molecule has 0 spiro atoms. The minimum atomic E-state index is -0.151. The summed E-state index contributed by atoms with van der Waals surface area (Å²) in [7, 11) is 0. The van der Waals surface area contributed by atoms with Gasteiger partial charge < -0.3 is 15.1 Å². The number of carbonyl (C=O) groups is 2. The van der Waals surface area contributed by atoms with Crippen molar-refractivity contribution in [1.29, 1.82) is 0 Å². The second-order valence-corrected chi connectivity index (χ2v) is 6.19. The highest BCUT2D eigenvalue weighted by molar-refractivity contribution is 7.99. The number of thioether (sulfide) groups is 1. The first-order valence-corrected chi connectivity index (χ1v) is 8.68. The van der Waals surface area contributed by atoms with E-state index in [0.717, 1.165) is 5.69 Å². The van der Waals surface area contributed by atoms with E-state index in [1.54, 1.807) is 42.7 Å². The van der Waals surface area contributed by atoms with Crippen molar-refractivity contribution in [2.24, 2.45) is 0 Å². The maximum Gasteiger partial charge on any atom is 0.230 e. The van der Waals surface area contributed by atoms with Crippen LogP contribution in [0.2, 0.25) is 0 Å². The van der Waals surface area contributed by atoms with E-state index in [9.17, 15) is 9.59 Å². The highest BCUT2D eigenvalue weighted by atomic mass is 32.2. The molecular formula is C16H16N6O3S. The van der Waals surface area contributed by atoms with E-state index in [1.807, 2.05) is 0 Å². The fraction of sp³-hybridized carbons (Fsp3) is 0.188. The highest BCUT2D eigenvalue weighted by Crippen LogP contribution is 2.19. The van der Waals surface area contributed by atoms with Gasteiger partial charge in [-0.2, -0.15) is 4.68 Å². The molecule has 0 bridgehead atoms. The molecule has 0 unspecified atom stereocenters. The van der Waals surface area contributed by atoms with Crippen LogP contribution in [0.15, 0.2) is 52.2 Å². The summed E-state index contributed by atoms with van der Waals surface area (Å²) < 4.78 is 6.69. The Morgan fingerprint density at radius 3 is 2.73 bits per heavy atom. The van der Waals surface area contributed by atoms with Gasteiger partial charge in [-0.05, 0) is 46.8 Å². The van der Waals surface area contributed by atoms with E-state index in [-0.39, 0.29) is 17.6 Å². The molecule has 3 rings (SSSR count). The van der Waals surface area contributed by atoms with Gasteiger partial charge in [0.15, 0.2) is 0 Å². The largest absolute Gasteiger partial charge is 0.467 e. The zero-order valence-corrected chi connectivity index (χ0v) is 14.7. The van der Waals surface area contributed by atoms with Crippen molar-refractivity contribution in [1.82, 2.24) is 25.5 Å². The lowest BCUT2D eigenvalue weighted by Gasteiger charge is -2.06. The van der Waals surface area contributed by atoms with Crippen LogP contribution in [0.25, 0.3) is 5.69 Å². The number of benzene rings is 1. The third-order valence-electron chi connectivity index (χ3n) is 3.25. The minimum Gasteiger partial charge on any atom is -0.467 e. The molecule has 0 fully saturated rings. The van der Waals surface area contributed by atoms with Gasteiger partial charge in [-0.15, -0.1) is 5.10 Å². The van der Waals surface area contributed by atoms with Crippen LogP contribution in [0.5, 0.6) is 0 Å². The van der Waals surface area contributed by atoms with Crippen LogP contribution >= 0.6 is 11.8 Å². The Hall–Kier alpha value is -3.14. The predicted octanol–water partition coefficient (Wildman–Crippen LogP) is 1.62. The van der Waals surface area contributed by atoms with E-state index in [1.165, 1.54) is 23.4 Å². The third-order valence-corrected chi connectivity index (χ3v) is 4.16. The molecule has 2 amide bonds. The van der Waals surface area contributed by atoms with E-state index in [2.05, 4.69) is 26.2 Å². The minimum absolute atomic E-state index is 0.142. The number of nitrogens with zero attached hydrogens (tertiary/aromatic N) is 4. The first-order valence-electron chi connectivity index (χ1n) is 7.70. The van der Waals surface area contributed by atoms with Crippen LogP contribution in [0.1, 0.15) is 12.7 Å². The maximum absolute atomic E-state index is 11.9. The second kappa shape index (κ2) is 8.30. The van der Waals surface area contributed by atoms with Gasteiger partial charge in [0.25, 0.3) is 0 Å². The molecule has 1 aromatic carbocycles. The van der Waals surface area contributed by atoms with Crippen LogP contribution < -0.4 is 10.6 Å². The molecule has 134 valence electrons. The van der Waals surface area contributed by atoms with Gasteiger partial charge >= 0.3 is 0 Å². The fourth-order valence-electron chi connectivity index (χ4n) is 2.10. The first-order chi connectivity index (χ1) is 12.6. The van der Waals surface area contributed by atoms with E-state index < -0.39 is 0 Å². The highest BCUT2D eigenvalue weighted by Gasteiger charge is 2.12. The molecule has 0 saturated heterocycles. The molecule has 2 heterocycles. The van der Waals surface area contributed by atoms with Crippen LogP contribution in [0.3, 0.4) is 0 Å². The Balaban J connectivity index is 1.57. The van der Waals surface area contributed by atoms with Crippen molar-refractivity contribution in [3.05, 3.63) is 48.4 Å². The second-order valence-electron chi connectivity index (χ2n) is 5.25. The first kappa shape index (κ1) is 17.7. The van der Waals surface area contributed by atoms with Crippen molar-refractivity contribution in [2.75, 3.05) is 11.1 Å². The van der Waals surface area contributed by atoms with Gasteiger partial charge in [-0.25, -0.2) is 0 Å². The van der Waals surface area contributed by atoms with Gasteiger partial charge in [0.05, 0.1) is 24.2 Å². The monoisotopic (exact) mass is 372 g/mol. The average Bonchev–Trinajstić information content (AvgIpc) is 3.30. The van der Waals surface area contributed by atoms with Crippen molar-refractivity contribution in [3.63, 3.8) is 0 Å². The zero-order chi connectivity index (χ0) is 18.4. The third kappa shape index (κ3) is 4.70. The normalized spacial score (nSPS) is 10.5. The number of aromatic nitrogens is 4. The SMILES string of the molecule is CC(=O)Nc1ccc(-n2nnnc2SCC(=O)NCc2ccco2)cc1. The number of nitrogens with one attached hydrogen (secondary N) is 2. The molecule has 26 heavy (non-hydrogen) atoms. The number of anilines is 1. The van der Waals surface area contributed by atoms with Crippen molar-refractivity contribution < 1.29 is 14.0 Å². The van der Waals surface area contributed by atoms with Gasteiger partial charge in [0, 0.05) is 12.6 Å². The van der Waals surface area contributed by atoms with Gasteiger partial charge in [-0.3, -0.25) is 9.59 Å². The lowest BCUT2D eigenvalue weighted by Crippen LogP contribution is -2.24. The molecule has 2 N–H and O–H groups in total. The molecule has 0 aliphatic heterocycles. The summed E-state index contributed by atoms with van der Waals surface area (Å²) in [6.45, 7) is 1.78. The number of tetrazole rings is 1. The summed E-state index contributed by atoms with van der Waals surface area (Å²) in [6, 6.07) is 10.6. The molecule has 3 aromatic rings. The molecule has 0 aliphatic rings. The number of rotatable bonds is 7. The topological polar surface area (TPSA) is 115 Å². The predicted molar refractivity (Wildman–Crippen MR) is 94.7 cm³/mol. The van der Waals surface area contributed by atoms with Crippen LogP contribution in [-0.4, -0.2) is 37.8 Å². The summed E-state index contributed by atoms with van der Waals surface area (Å²) in [4.78, 5) is 23.0. The van der Waals surface area contributed by atoms with Gasteiger partial charge in [-0.1, -0.05) is 11.8 Å². The van der Waals surface area contributed by atoms with Crippen LogP contribution in [0, 0.1) is 0 Å².